The van der Waals surface area contributed by atoms with Gasteiger partial charge in [0.1, 0.15) is 17.4 Å². The van der Waals surface area contributed by atoms with E-state index in [0.29, 0.717) is 30.4 Å². The second-order valence-corrected chi connectivity index (χ2v) is 10.1. The zero-order valence-electron chi connectivity index (χ0n) is 22.6. The zero-order chi connectivity index (χ0) is 30.0. The first kappa shape index (κ1) is 28.7. The van der Waals surface area contributed by atoms with Crippen LogP contribution in [-0.2, 0) is 9.53 Å². The maximum Gasteiger partial charge on any atom is 0.336 e. The third-order valence-electron chi connectivity index (χ3n) is 7.19. The minimum absolute atomic E-state index is 0.0609. The van der Waals surface area contributed by atoms with Gasteiger partial charge in [0.25, 0.3) is 5.88 Å². The van der Waals surface area contributed by atoms with E-state index in [9.17, 15) is 19.4 Å². The molecule has 5 N–H and O–H groups in total. The van der Waals surface area contributed by atoms with E-state index in [2.05, 4.69) is 9.98 Å². The summed E-state index contributed by atoms with van der Waals surface area (Å²) in [5, 5.41) is 27.6. The minimum atomic E-state index is -1.31. The summed E-state index contributed by atoms with van der Waals surface area (Å²) in [4.78, 5) is 22.1. The number of ether oxygens (including phenoxy) is 3. The van der Waals surface area contributed by atoms with E-state index >= 15 is 4.39 Å². The molecule has 11 nitrogen and oxygen atoms in total. The van der Waals surface area contributed by atoms with Crippen molar-refractivity contribution in [2.75, 3.05) is 13.6 Å². The van der Waals surface area contributed by atoms with Gasteiger partial charge in [-0.1, -0.05) is 18.6 Å². The minimum Gasteiger partial charge on any atom is -0.504 e. The number of amidine groups is 2. The third-order valence-corrected chi connectivity index (χ3v) is 7.19. The lowest BCUT2D eigenvalue weighted by Crippen LogP contribution is -2.46. The molecule has 0 saturated heterocycles. The molecule has 1 aliphatic carbocycles. The van der Waals surface area contributed by atoms with Crippen LogP contribution < -0.4 is 15.2 Å². The molecule has 3 aromatic rings. The molecule has 5 rings (SSSR count). The van der Waals surface area contributed by atoms with Crippen molar-refractivity contribution in [2.24, 2.45) is 10.7 Å². The highest BCUT2D eigenvalue weighted by molar-refractivity contribution is 6.02. The third kappa shape index (κ3) is 5.68. The van der Waals surface area contributed by atoms with Crippen LogP contribution in [0.5, 0.6) is 28.9 Å². The summed E-state index contributed by atoms with van der Waals surface area (Å²) in [6.07, 6.45) is 3.19. The number of phenols is 1. The van der Waals surface area contributed by atoms with Gasteiger partial charge in [0.15, 0.2) is 29.1 Å². The van der Waals surface area contributed by atoms with Gasteiger partial charge in [-0.15, -0.1) is 0 Å². The lowest BCUT2D eigenvalue weighted by Gasteiger charge is -2.34. The van der Waals surface area contributed by atoms with E-state index in [1.807, 2.05) is 0 Å². The summed E-state index contributed by atoms with van der Waals surface area (Å²) in [6.45, 7) is 0.275. The molecule has 220 valence electrons. The topological polar surface area (TPSA) is 164 Å². The fraction of sp³-hybridized carbons (Fsp3) is 0.310. The molecule has 42 heavy (non-hydrogen) atoms. The van der Waals surface area contributed by atoms with Gasteiger partial charge in [0.2, 0.25) is 11.6 Å². The number of carboxylic acid groups (broad SMARTS) is 1. The van der Waals surface area contributed by atoms with E-state index in [-0.39, 0.29) is 35.2 Å². The number of hydrogen-bond acceptors (Lipinski definition) is 9. The highest BCUT2D eigenvalue weighted by Gasteiger charge is 2.44. The molecular formula is C29H29F2N5O6. The number of nitrogens with zero attached hydrogens (tertiary/aromatic N) is 3. The number of aromatic hydroxyl groups is 1. The molecular weight excluding hydrogens is 552 g/mol. The Bertz CT molecular complexity index is 1560. The molecule has 1 fully saturated rings. The van der Waals surface area contributed by atoms with Crippen LogP contribution in [0, 0.1) is 17.0 Å². The van der Waals surface area contributed by atoms with Gasteiger partial charge in [-0.3, -0.25) is 5.41 Å². The van der Waals surface area contributed by atoms with Gasteiger partial charge >= 0.3 is 5.97 Å². The van der Waals surface area contributed by atoms with Crippen molar-refractivity contribution in [2.45, 2.75) is 43.9 Å². The van der Waals surface area contributed by atoms with Gasteiger partial charge in [-0.05, 0) is 56.0 Å². The van der Waals surface area contributed by atoms with Crippen molar-refractivity contribution >= 4 is 17.6 Å². The Hall–Kier alpha value is -4.78. The Balaban J connectivity index is 1.43. The van der Waals surface area contributed by atoms with Gasteiger partial charge in [0, 0.05) is 12.6 Å². The van der Waals surface area contributed by atoms with Crippen LogP contribution in [-0.4, -0.2) is 63.2 Å². The Morgan fingerprint density at radius 2 is 1.86 bits per heavy atom. The van der Waals surface area contributed by atoms with E-state index in [4.69, 9.17) is 25.4 Å². The Labute approximate surface area is 239 Å². The molecule has 13 heteroatoms. The number of nitrogens with one attached hydrogen (secondary N) is 1. The predicted molar refractivity (Wildman–Crippen MR) is 147 cm³/mol. The molecule has 2 aromatic carbocycles. The number of phenolic OH excluding ortho intramolecular Hbond substituents is 1. The SMILES string of the molecule is CN1CC(OC2(C(=O)O)CCCCC2)N=C1c1ccccc1Oc1c(F)cnc(Oc2cc(C(=N)N)ccc2O)c1F. The fourth-order valence-corrected chi connectivity index (χ4v) is 5.02. The molecule has 1 atom stereocenters. The van der Waals surface area contributed by atoms with Crippen molar-refractivity contribution in [1.82, 2.24) is 9.88 Å². The standard InChI is InChI=1S/C29H29F2N5O6/c1-36-15-22(42-29(28(38)39)11-5-2-6-12-29)35-26(36)17-7-3-4-8-20(17)40-24-18(30)14-34-27(23(24)31)41-21-13-16(25(32)33)9-10-19(21)37/h3-4,7-10,13-14,22,37H,2,5-6,11-12,15H2,1H3,(H3,32,33)(H,38,39). The molecule has 1 aromatic heterocycles. The number of aromatic nitrogens is 1. The molecule has 1 unspecified atom stereocenters. The highest BCUT2D eigenvalue weighted by Crippen LogP contribution is 2.39. The molecule has 0 bridgehead atoms. The summed E-state index contributed by atoms with van der Waals surface area (Å²) < 4.78 is 47.5. The lowest BCUT2D eigenvalue weighted by molar-refractivity contribution is -0.179. The first-order valence-electron chi connectivity index (χ1n) is 13.2. The number of para-hydroxylation sites is 1. The second-order valence-electron chi connectivity index (χ2n) is 10.1. The number of rotatable bonds is 9. The predicted octanol–water partition coefficient (Wildman–Crippen LogP) is 4.76. The number of carboxylic acids is 1. The average molecular weight is 582 g/mol. The molecule has 2 heterocycles. The number of benzene rings is 2. The first-order valence-corrected chi connectivity index (χ1v) is 13.2. The fourth-order valence-electron chi connectivity index (χ4n) is 5.02. The van der Waals surface area contributed by atoms with Crippen molar-refractivity contribution < 1.29 is 38.0 Å². The van der Waals surface area contributed by atoms with Gasteiger partial charge in [0.05, 0.1) is 18.3 Å². The van der Waals surface area contributed by atoms with Crippen molar-refractivity contribution in [1.29, 1.82) is 5.41 Å². The Morgan fingerprint density at radius 1 is 1.12 bits per heavy atom. The van der Waals surface area contributed by atoms with E-state index < -0.39 is 41.1 Å². The lowest BCUT2D eigenvalue weighted by atomic mass is 9.84. The van der Waals surface area contributed by atoms with Crippen LogP contribution in [0.25, 0.3) is 0 Å². The number of nitrogens with two attached hydrogens (primary N) is 1. The number of likely N-dealkylation sites (N-methyl/N-ethyl adjacent to an activating group) is 1. The zero-order valence-corrected chi connectivity index (χ0v) is 22.6. The average Bonchev–Trinajstić information content (AvgIpc) is 3.33. The molecule has 0 amide bonds. The second kappa shape index (κ2) is 11.6. The first-order chi connectivity index (χ1) is 20.1. The maximum atomic E-state index is 15.5. The Kier molecular flexibility index (Phi) is 7.94. The van der Waals surface area contributed by atoms with E-state index in [1.165, 1.54) is 24.3 Å². The largest absolute Gasteiger partial charge is 0.504 e. The monoisotopic (exact) mass is 581 g/mol. The van der Waals surface area contributed by atoms with Gasteiger partial charge < -0.3 is 35.1 Å². The van der Waals surface area contributed by atoms with E-state index in [1.54, 1.807) is 30.1 Å². The van der Waals surface area contributed by atoms with Gasteiger partial charge in [-0.25, -0.2) is 19.2 Å². The number of aliphatic carboxylic acids is 1. The summed E-state index contributed by atoms with van der Waals surface area (Å²) in [5.74, 6) is -5.38. The molecule has 0 spiro atoms. The van der Waals surface area contributed by atoms with Crippen LogP contribution in [0.1, 0.15) is 43.2 Å². The van der Waals surface area contributed by atoms with Gasteiger partial charge in [-0.2, -0.15) is 4.39 Å². The maximum absolute atomic E-state index is 15.5. The number of nitrogen functional groups attached to an aromatic ring is 1. The number of pyridine rings is 1. The highest BCUT2D eigenvalue weighted by atomic mass is 19.1. The summed E-state index contributed by atoms with van der Waals surface area (Å²) in [7, 11) is 1.74. The van der Waals surface area contributed by atoms with Crippen molar-refractivity contribution in [3.8, 4) is 28.9 Å². The summed E-state index contributed by atoms with van der Waals surface area (Å²) in [6, 6.07) is 10.3. The quantitative estimate of drug-likeness (QED) is 0.206. The van der Waals surface area contributed by atoms with Crippen molar-refractivity contribution in [3.63, 3.8) is 0 Å². The number of carbonyl (C=O) groups is 1. The normalized spacial score (nSPS) is 17.9. The van der Waals surface area contributed by atoms with Crippen LogP contribution in [0.4, 0.5) is 8.78 Å². The number of aliphatic imine (C=N–C) groups is 1. The Morgan fingerprint density at radius 3 is 2.57 bits per heavy atom. The molecule has 1 aliphatic heterocycles. The van der Waals surface area contributed by atoms with Crippen LogP contribution in [0.15, 0.2) is 53.7 Å². The molecule has 1 saturated carbocycles. The smallest absolute Gasteiger partial charge is 0.336 e. The summed E-state index contributed by atoms with van der Waals surface area (Å²) >= 11 is 0. The summed E-state index contributed by atoms with van der Waals surface area (Å²) in [5.41, 5.74) is 4.77. The van der Waals surface area contributed by atoms with Crippen LogP contribution >= 0.6 is 0 Å². The van der Waals surface area contributed by atoms with E-state index in [0.717, 1.165) is 19.3 Å². The van der Waals surface area contributed by atoms with Crippen LogP contribution in [0.2, 0.25) is 0 Å². The molecule has 2 aliphatic rings. The van der Waals surface area contributed by atoms with Crippen molar-refractivity contribution in [3.05, 3.63) is 71.4 Å². The molecule has 0 radical (unpaired) electrons. The number of halogens is 2. The van der Waals surface area contributed by atoms with Crippen LogP contribution in [0.3, 0.4) is 0 Å². The number of hydrogen-bond donors (Lipinski definition) is 4.